The molecule has 0 bridgehead atoms. The molecule has 0 unspecified atom stereocenters. The molecule has 0 aliphatic rings. The molecule has 2 aromatic heterocycles. The number of nitrogens with one attached hydrogen (secondary N) is 2. The van der Waals surface area contributed by atoms with Crippen molar-refractivity contribution >= 4 is 0 Å². The third kappa shape index (κ3) is 4.06. The minimum absolute atomic E-state index is 0.722. The number of hydrogen-bond acceptors (Lipinski definition) is 4. The molecule has 2 heterocycles. The van der Waals surface area contributed by atoms with Gasteiger partial charge in [-0.1, -0.05) is 19.1 Å². The van der Waals surface area contributed by atoms with Crippen molar-refractivity contribution in [3.05, 3.63) is 59.5 Å². The number of ether oxygens (including phenoxy) is 1. The van der Waals surface area contributed by atoms with Gasteiger partial charge < -0.3 is 14.5 Å². The summed E-state index contributed by atoms with van der Waals surface area (Å²) in [4.78, 5) is 0. The van der Waals surface area contributed by atoms with E-state index in [2.05, 4.69) is 34.6 Å². The number of hydrogen-bond donors (Lipinski definition) is 2. The monoisotopic (exact) mass is 325 g/mol. The Morgan fingerprint density at radius 2 is 1.96 bits per heavy atom. The molecule has 2 N–H and O–H groups in total. The van der Waals surface area contributed by atoms with Crippen LogP contribution in [0.15, 0.2) is 47.0 Å². The Hall–Kier alpha value is -2.53. The maximum atomic E-state index is 5.67. The second kappa shape index (κ2) is 7.84. The largest absolute Gasteiger partial charge is 0.494 e. The van der Waals surface area contributed by atoms with Crippen LogP contribution in [0, 0.1) is 6.92 Å². The second-order valence-electron chi connectivity index (χ2n) is 5.78. The standard InChI is InChI=1S/C19H23N3O2/c1-3-10-23-17-7-5-15(6-8-17)11-20-12-16-13-21-22-19(16)18-9-4-14(2)24-18/h4-9,13,20H,3,10-12H2,1-2H3,(H,21,22). The van der Waals surface area contributed by atoms with Crippen LogP contribution < -0.4 is 10.1 Å². The highest BCUT2D eigenvalue weighted by atomic mass is 16.5. The zero-order valence-corrected chi connectivity index (χ0v) is 14.1. The SMILES string of the molecule is CCCOc1ccc(CNCc2cn[nH]c2-c2ccc(C)o2)cc1. The normalized spacial score (nSPS) is 10.9. The number of benzene rings is 1. The lowest BCUT2D eigenvalue weighted by Gasteiger charge is -2.07. The Morgan fingerprint density at radius 1 is 1.12 bits per heavy atom. The van der Waals surface area contributed by atoms with E-state index in [-0.39, 0.29) is 0 Å². The van der Waals surface area contributed by atoms with E-state index >= 15 is 0 Å². The van der Waals surface area contributed by atoms with Crippen molar-refractivity contribution in [1.82, 2.24) is 15.5 Å². The summed E-state index contributed by atoms with van der Waals surface area (Å²) >= 11 is 0. The van der Waals surface area contributed by atoms with Crippen LogP contribution in [0.2, 0.25) is 0 Å². The van der Waals surface area contributed by atoms with Crippen molar-refractivity contribution in [3.8, 4) is 17.2 Å². The van der Waals surface area contributed by atoms with E-state index in [1.165, 1.54) is 5.56 Å². The van der Waals surface area contributed by atoms with Crippen molar-refractivity contribution in [2.45, 2.75) is 33.4 Å². The fourth-order valence-corrected chi connectivity index (χ4v) is 2.49. The quantitative estimate of drug-likeness (QED) is 0.655. The topological polar surface area (TPSA) is 63.1 Å². The third-order valence-electron chi connectivity index (χ3n) is 3.75. The van der Waals surface area contributed by atoms with Crippen molar-refractivity contribution < 1.29 is 9.15 Å². The molecule has 3 aromatic rings. The van der Waals surface area contributed by atoms with Gasteiger partial charge in [0.15, 0.2) is 5.76 Å². The molecule has 5 nitrogen and oxygen atoms in total. The number of furan rings is 1. The Labute approximate surface area is 142 Å². The van der Waals surface area contributed by atoms with E-state index in [0.717, 1.165) is 54.6 Å². The fraction of sp³-hybridized carbons (Fsp3) is 0.316. The molecule has 0 spiro atoms. The fourth-order valence-electron chi connectivity index (χ4n) is 2.49. The number of nitrogens with zero attached hydrogens (tertiary/aromatic N) is 1. The summed E-state index contributed by atoms with van der Waals surface area (Å²) in [5.74, 6) is 2.63. The molecule has 1 aromatic carbocycles. The minimum Gasteiger partial charge on any atom is -0.494 e. The molecule has 5 heteroatoms. The first kappa shape index (κ1) is 16.3. The van der Waals surface area contributed by atoms with Crippen molar-refractivity contribution in [1.29, 1.82) is 0 Å². The molecule has 0 radical (unpaired) electrons. The van der Waals surface area contributed by atoms with Gasteiger partial charge in [0.1, 0.15) is 17.2 Å². The molecular weight excluding hydrogens is 302 g/mol. The Balaban J connectivity index is 1.54. The van der Waals surface area contributed by atoms with Crippen molar-refractivity contribution in [3.63, 3.8) is 0 Å². The molecule has 0 aliphatic heterocycles. The zero-order valence-electron chi connectivity index (χ0n) is 14.1. The van der Waals surface area contributed by atoms with Gasteiger partial charge >= 0.3 is 0 Å². The molecule has 0 fully saturated rings. The van der Waals surface area contributed by atoms with Gasteiger partial charge in [0.25, 0.3) is 0 Å². The van der Waals surface area contributed by atoms with Gasteiger partial charge in [0, 0.05) is 18.7 Å². The predicted octanol–water partition coefficient (Wildman–Crippen LogP) is 4.06. The van der Waals surface area contributed by atoms with Crippen LogP contribution in [-0.4, -0.2) is 16.8 Å². The second-order valence-corrected chi connectivity index (χ2v) is 5.78. The summed E-state index contributed by atoms with van der Waals surface area (Å²) in [7, 11) is 0. The van der Waals surface area contributed by atoms with E-state index in [4.69, 9.17) is 9.15 Å². The summed E-state index contributed by atoms with van der Waals surface area (Å²) in [6.45, 7) is 6.31. The third-order valence-corrected chi connectivity index (χ3v) is 3.75. The molecule has 0 saturated carbocycles. The summed E-state index contributed by atoms with van der Waals surface area (Å²) in [6.07, 6.45) is 2.85. The summed E-state index contributed by atoms with van der Waals surface area (Å²) < 4.78 is 11.3. The van der Waals surface area contributed by atoms with Gasteiger partial charge in [-0.15, -0.1) is 0 Å². The molecule has 0 atom stereocenters. The maximum Gasteiger partial charge on any atom is 0.152 e. The summed E-state index contributed by atoms with van der Waals surface area (Å²) in [6, 6.07) is 12.1. The highest BCUT2D eigenvalue weighted by Crippen LogP contribution is 2.23. The zero-order chi connectivity index (χ0) is 16.8. The van der Waals surface area contributed by atoms with E-state index in [9.17, 15) is 0 Å². The van der Waals surface area contributed by atoms with Gasteiger partial charge in [-0.25, -0.2) is 0 Å². The van der Waals surface area contributed by atoms with Crippen LogP contribution in [0.3, 0.4) is 0 Å². The Morgan fingerprint density at radius 3 is 2.67 bits per heavy atom. The van der Waals surface area contributed by atoms with Crippen LogP contribution >= 0.6 is 0 Å². The average molecular weight is 325 g/mol. The lowest BCUT2D eigenvalue weighted by Crippen LogP contribution is -2.12. The highest BCUT2D eigenvalue weighted by Gasteiger charge is 2.10. The van der Waals surface area contributed by atoms with E-state index in [1.54, 1.807) is 0 Å². The number of aromatic nitrogens is 2. The van der Waals surface area contributed by atoms with E-state index < -0.39 is 0 Å². The Kier molecular flexibility index (Phi) is 5.33. The first-order chi connectivity index (χ1) is 11.8. The highest BCUT2D eigenvalue weighted by molar-refractivity contribution is 5.56. The van der Waals surface area contributed by atoms with Gasteiger partial charge in [-0.2, -0.15) is 5.10 Å². The van der Waals surface area contributed by atoms with Gasteiger partial charge in [-0.3, -0.25) is 5.10 Å². The van der Waals surface area contributed by atoms with Crippen LogP contribution in [-0.2, 0) is 13.1 Å². The smallest absolute Gasteiger partial charge is 0.152 e. The van der Waals surface area contributed by atoms with Crippen molar-refractivity contribution in [2.75, 3.05) is 6.61 Å². The molecular formula is C19H23N3O2. The van der Waals surface area contributed by atoms with E-state index in [0.29, 0.717) is 0 Å². The summed E-state index contributed by atoms with van der Waals surface area (Å²) in [5.41, 5.74) is 3.24. The van der Waals surface area contributed by atoms with Gasteiger partial charge in [0.05, 0.1) is 12.8 Å². The molecule has 24 heavy (non-hydrogen) atoms. The van der Waals surface area contributed by atoms with Crippen LogP contribution in [0.1, 0.15) is 30.2 Å². The number of aromatic amines is 1. The van der Waals surface area contributed by atoms with Crippen LogP contribution in [0.4, 0.5) is 0 Å². The molecule has 0 aliphatic carbocycles. The summed E-state index contributed by atoms with van der Waals surface area (Å²) in [5, 5.41) is 10.6. The number of H-pyrrole nitrogens is 1. The molecule has 0 saturated heterocycles. The first-order valence-electron chi connectivity index (χ1n) is 8.27. The van der Waals surface area contributed by atoms with Gasteiger partial charge in [-0.05, 0) is 43.2 Å². The predicted molar refractivity (Wildman–Crippen MR) is 93.8 cm³/mol. The number of rotatable bonds is 8. The van der Waals surface area contributed by atoms with Crippen molar-refractivity contribution in [2.24, 2.45) is 0 Å². The minimum atomic E-state index is 0.722. The Bertz CT molecular complexity index is 759. The average Bonchev–Trinajstić information content (AvgIpc) is 3.23. The maximum absolute atomic E-state index is 5.67. The van der Waals surface area contributed by atoms with E-state index in [1.807, 2.05) is 37.4 Å². The first-order valence-corrected chi connectivity index (χ1v) is 8.27. The lowest BCUT2D eigenvalue weighted by atomic mass is 10.2. The molecule has 3 rings (SSSR count). The van der Waals surface area contributed by atoms with Crippen LogP contribution in [0.5, 0.6) is 5.75 Å². The van der Waals surface area contributed by atoms with Gasteiger partial charge in [0.2, 0.25) is 0 Å². The lowest BCUT2D eigenvalue weighted by molar-refractivity contribution is 0.317. The molecule has 126 valence electrons. The number of aryl methyl sites for hydroxylation is 1. The van der Waals surface area contributed by atoms with Crippen LogP contribution in [0.25, 0.3) is 11.5 Å². The molecule has 0 amide bonds.